The number of sulfone groups is 1. The molecule has 3 aromatic rings. The number of nitrogens with one attached hydrogen (secondary N) is 1. The first kappa shape index (κ1) is 19.6. The summed E-state index contributed by atoms with van der Waals surface area (Å²) >= 11 is 1.58. The molecule has 0 bridgehead atoms. The minimum Gasteiger partial charge on any atom is -0.346 e. The number of nitrogens with zero attached hydrogens (tertiary/aromatic N) is 2. The Hall–Kier alpha value is -2.71. The van der Waals surface area contributed by atoms with Crippen molar-refractivity contribution in [1.82, 2.24) is 15.1 Å². The molecule has 1 N–H and O–H groups in total. The van der Waals surface area contributed by atoms with Gasteiger partial charge in [0.05, 0.1) is 27.6 Å². The summed E-state index contributed by atoms with van der Waals surface area (Å²) in [4.78, 5) is 13.5. The van der Waals surface area contributed by atoms with E-state index in [-0.39, 0.29) is 17.4 Å². The van der Waals surface area contributed by atoms with Gasteiger partial charge in [-0.15, -0.1) is 11.3 Å². The molecule has 0 spiro atoms. The third-order valence-electron chi connectivity index (χ3n) is 4.86. The van der Waals surface area contributed by atoms with Crippen LogP contribution in [0.25, 0.3) is 22.3 Å². The molecule has 6 nitrogen and oxygen atoms in total. The van der Waals surface area contributed by atoms with E-state index in [1.54, 1.807) is 29.0 Å². The van der Waals surface area contributed by atoms with Crippen molar-refractivity contribution in [3.63, 3.8) is 0 Å². The lowest BCUT2D eigenvalue weighted by Crippen LogP contribution is -2.46. The zero-order valence-corrected chi connectivity index (χ0v) is 17.5. The van der Waals surface area contributed by atoms with Crippen LogP contribution in [0.1, 0.15) is 18.9 Å². The zero-order valence-electron chi connectivity index (χ0n) is 15.9. The van der Waals surface area contributed by atoms with E-state index in [2.05, 4.69) is 5.32 Å². The van der Waals surface area contributed by atoms with E-state index >= 15 is 0 Å². The Balaban J connectivity index is 1.59. The first-order valence-corrected chi connectivity index (χ1v) is 11.9. The summed E-state index contributed by atoms with van der Waals surface area (Å²) < 4.78 is 25.3. The van der Waals surface area contributed by atoms with Gasteiger partial charge >= 0.3 is 0 Å². The number of carbonyl (C=O) groups is 1. The number of para-hydroxylation sites is 1. The highest BCUT2D eigenvalue weighted by Gasteiger charge is 2.39. The molecule has 1 fully saturated rings. The second-order valence-electron chi connectivity index (χ2n) is 7.42. The highest BCUT2D eigenvalue weighted by Crippen LogP contribution is 2.29. The summed E-state index contributed by atoms with van der Waals surface area (Å²) in [5, 5.41) is 9.53. The summed E-state index contributed by atoms with van der Waals surface area (Å²) in [5.74, 6) is -0.222. The Morgan fingerprint density at radius 3 is 2.69 bits per heavy atom. The van der Waals surface area contributed by atoms with Crippen molar-refractivity contribution in [1.29, 1.82) is 0 Å². The molecule has 1 amide bonds. The van der Waals surface area contributed by atoms with Crippen LogP contribution in [0.15, 0.2) is 60.1 Å². The fraction of sp³-hybridized carbons (Fsp3) is 0.238. The molecule has 2 aromatic heterocycles. The number of hydrogen-bond acceptors (Lipinski definition) is 5. The molecule has 1 aromatic carbocycles. The third kappa shape index (κ3) is 4.49. The number of amides is 1. The van der Waals surface area contributed by atoms with Gasteiger partial charge in [-0.25, -0.2) is 13.1 Å². The predicted molar refractivity (Wildman–Crippen MR) is 116 cm³/mol. The van der Waals surface area contributed by atoms with Crippen molar-refractivity contribution in [2.75, 3.05) is 11.5 Å². The van der Waals surface area contributed by atoms with Gasteiger partial charge in [0, 0.05) is 17.8 Å². The molecule has 29 heavy (non-hydrogen) atoms. The van der Waals surface area contributed by atoms with Crippen LogP contribution in [-0.2, 0) is 14.6 Å². The quantitative estimate of drug-likeness (QED) is 0.634. The lowest BCUT2D eigenvalue weighted by Gasteiger charge is -2.22. The van der Waals surface area contributed by atoms with Gasteiger partial charge in [-0.3, -0.25) is 4.79 Å². The van der Waals surface area contributed by atoms with Gasteiger partial charge in [0.2, 0.25) is 5.91 Å². The van der Waals surface area contributed by atoms with Crippen molar-refractivity contribution in [3.05, 3.63) is 65.7 Å². The van der Waals surface area contributed by atoms with Crippen molar-refractivity contribution < 1.29 is 13.2 Å². The maximum atomic E-state index is 12.4. The number of benzene rings is 1. The SMILES string of the molecule is C[C@@]1(NC(=O)/C=C/c2cn(-c3ccccc3)nc2-c2cccs2)CCS(=O)(=O)C1. The molecule has 150 valence electrons. The molecular weight excluding hydrogens is 406 g/mol. The van der Waals surface area contributed by atoms with Gasteiger partial charge in [0.1, 0.15) is 5.69 Å². The highest BCUT2D eigenvalue weighted by molar-refractivity contribution is 7.91. The number of hydrogen-bond donors (Lipinski definition) is 1. The van der Waals surface area contributed by atoms with Crippen molar-refractivity contribution in [2.45, 2.75) is 18.9 Å². The molecule has 1 atom stereocenters. The Labute approximate surface area is 173 Å². The van der Waals surface area contributed by atoms with Crippen LogP contribution in [0.4, 0.5) is 0 Å². The molecule has 1 aliphatic heterocycles. The second kappa shape index (κ2) is 7.61. The fourth-order valence-electron chi connectivity index (χ4n) is 3.44. The summed E-state index contributed by atoms with van der Waals surface area (Å²) in [6.07, 6.45) is 5.49. The maximum absolute atomic E-state index is 12.4. The van der Waals surface area contributed by atoms with Gasteiger partial charge in [-0.05, 0) is 43.0 Å². The third-order valence-corrected chi connectivity index (χ3v) is 7.64. The van der Waals surface area contributed by atoms with E-state index in [1.807, 2.05) is 54.0 Å². The molecule has 1 aliphatic rings. The van der Waals surface area contributed by atoms with E-state index in [0.29, 0.717) is 6.42 Å². The summed E-state index contributed by atoms with van der Waals surface area (Å²) in [7, 11) is -3.08. The lowest BCUT2D eigenvalue weighted by atomic mass is 10.0. The van der Waals surface area contributed by atoms with E-state index in [0.717, 1.165) is 21.8 Å². The molecule has 0 unspecified atom stereocenters. The Morgan fingerprint density at radius 2 is 2.03 bits per heavy atom. The van der Waals surface area contributed by atoms with E-state index < -0.39 is 15.4 Å². The van der Waals surface area contributed by atoms with E-state index in [4.69, 9.17) is 5.10 Å². The summed E-state index contributed by atoms with van der Waals surface area (Å²) in [6, 6.07) is 13.7. The van der Waals surface area contributed by atoms with Crippen molar-refractivity contribution >= 4 is 33.2 Å². The van der Waals surface area contributed by atoms with Gasteiger partial charge in [-0.2, -0.15) is 5.10 Å². The zero-order chi connectivity index (χ0) is 20.5. The van der Waals surface area contributed by atoms with Crippen LogP contribution < -0.4 is 5.32 Å². The lowest BCUT2D eigenvalue weighted by molar-refractivity contribution is -0.117. The van der Waals surface area contributed by atoms with Gasteiger partial charge in [0.25, 0.3) is 0 Å². The fourth-order valence-corrected chi connectivity index (χ4v) is 6.26. The first-order chi connectivity index (χ1) is 13.8. The molecule has 3 heterocycles. The van der Waals surface area contributed by atoms with Crippen LogP contribution in [0.3, 0.4) is 0 Å². The maximum Gasteiger partial charge on any atom is 0.244 e. The van der Waals surface area contributed by atoms with Crippen LogP contribution in [0.2, 0.25) is 0 Å². The first-order valence-electron chi connectivity index (χ1n) is 9.23. The number of carbonyl (C=O) groups excluding carboxylic acids is 1. The van der Waals surface area contributed by atoms with Gasteiger partial charge < -0.3 is 5.32 Å². The molecule has 8 heteroatoms. The molecule has 4 rings (SSSR count). The molecular formula is C21H21N3O3S2. The summed E-state index contributed by atoms with van der Waals surface area (Å²) in [6.45, 7) is 1.77. The number of aromatic nitrogens is 2. The normalized spacial score (nSPS) is 20.9. The molecule has 0 saturated carbocycles. The molecule has 0 aliphatic carbocycles. The van der Waals surface area contributed by atoms with Crippen LogP contribution in [0.5, 0.6) is 0 Å². The van der Waals surface area contributed by atoms with Crippen LogP contribution in [-0.4, -0.2) is 41.2 Å². The monoisotopic (exact) mass is 427 g/mol. The minimum absolute atomic E-state index is 0.0219. The average Bonchev–Trinajstić information content (AvgIpc) is 3.39. The van der Waals surface area contributed by atoms with Gasteiger partial charge in [-0.1, -0.05) is 24.3 Å². The Kier molecular flexibility index (Phi) is 5.14. The van der Waals surface area contributed by atoms with E-state index in [1.165, 1.54) is 6.08 Å². The minimum atomic E-state index is -3.08. The highest BCUT2D eigenvalue weighted by atomic mass is 32.2. The standard InChI is InChI=1S/C21H21N3O3S2/c1-21(11-13-29(26,27)15-21)22-19(25)10-9-16-14-24(17-6-3-2-4-7-17)23-20(16)18-8-5-12-28-18/h2-10,12,14H,11,13,15H2,1H3,(H,22,25)/b10-9+/t21-/m1/s1. The largest absolute Gasteiger partial charge is 0.346 e. The second-order valence-corrected chi connectivity index (χ2v) is 10.5. The van der Waals surface area contributed by atoms with E-state index in [9.17, 15) is 13.2 Å². The summed E-state index contributed by atoms with van der Waals surface area (Å²) in [5.41, 5.74) is 1.82. The Morgan fingerprint density at radius 1 is 1.24 bits per heavy atom. The number of thiophene rings is 1. The Bertz CT molecular complexity index is 1150. The predicted octanol–water partition coefficient (Wildman–Crippen LogP) is 3.31. The van der Waals surface area contributed by atoms with Crippen molar-refractivity contribution in [2.24, 2.45) is 0 Å². The molecule has 0 radical (unpaired) electrons. The van der Waals surface area contributed by atoms with Crippen LogP contribution in [0, 0.1) is 0 Å². The topological polar surface area (TPSA) is 81.1 Å². The van der Waals surface area contributed by atoms with Gasteiger partial charge in [0.15, 0.2) is 9.84 Å². The average molecular weight is 428 g/mol. The van der Waals surface area contributed by atoms with Crippen molar-refractivity contribution in [3.8, 4) is 16.3 Å². The molecule has 1 saturated heterocycles. The number of rotatable bonds is 5. The van der Waals surface area contributed by atoms with Crippen LogP contribution >= 0.6 is 11.3 Å². The smallest absolute Gasteiger partial charge is 0.244 e.